The number of nitrogens with two attached hydrogens (primary N) is 1. The molecule has 0 saturated heterocycles. The molecule has 0 saturated carbocycles. The van der Waals surface area contributed by atoms with Crippen molar-refractivity contribution in [1.82, 2.24) is 0 Å². The van der Waals surface area contributed by atoms with E-state index < -0.39 is 12.0 Å². The number of carbonyl (C=O) groups is 1. The highest BCUT2D eigenvalue weighted by atomic mass is 79.9. The SMILES string of the molecule is Cl.N[C@H](CC(=O)O)c1cccc(Br)c1. The lowest BCUT2D eigenvalue weighted by Crippen LogP contribution is -2.14. The molecular formula is C9H11BrClNO2. The number of hydrogen-bond acceptors (Lipinski definition) is 2. The molecule has 5 heteroatoms. The van der Waals surface area contributed by atoms with Gasteiger partial charge < -0.3 is 10.8 Å². The molecule has 0 heterocycles. The fraction of sp³-hybridized carbons (Fsp3) is 0.222. The van der Waals surface area contributed by atoms with Gasteiger partial charge in [0.25, 0.3) is 0 Å². The highest BCUT2D eigenvalue weighted by Gasteiger charge is 2.09. The monoisotopic (exact) mass is 279 g/mol. The smallest absolute Gasteiger partial charge is 0.305 e. The van der Waals surface area contributed by atoms with Crippen molar-refractivity contribution in [2.45, 2.75) is 12.5 Å². The maximum atomic E-state index is 10.4. The van der Waals surface area contributed by atoms with Crippen molar-refractivity contribution in [3.63, 3.8) is 0 Å². The largest absolute Gasteiger partial charge is 0.481 e. The molecule has 14 heavy (non-hydrogen) atoms. The molecule has 1 aromatic carbocycles. The van der Waals surface area contributed by atoms with Gasteiger partial charge >= 0.3 is 5.97 Å². The van der Waals surface area contributed by atoms with Crippen LogP contribution in [0, 0.1) is 0 Å². The zero-order valence-corrected chi connectivity index (χ0v) is 9.72. The van der Waals surface area contributed by atoms with Crippen molar-refractivity contribution >= 4 is 34.3 Å². The van der Waals surface area contributed by atoms with Crippen LogP contribution < -0.4 is 5.73 Å². The van der Waals surface area contributed by atoms with Crippen LogP contribution in [0.1, 0.15) is 18.0 Å². The molecule has 0 amide bonds. The van der Waals surface area contributed by atoms with Gasteiger partial charge in [-0.1, -0.05) is 28.1 Å². The Bertz CT molecular complexity index is 319. The van der Waals surface area contributed by atoms with E-state index >= 15 is 0 Å². The first kappa shape index (κ1) is 13.4. The number of aliphatic carboxylic acids is 1. The third-order valence-corrected chi connectivity index (χ3v) is 2.16. The summed E-state index contributed by atoms with van der Waals surface area (Å²) in [6.07, 6.45) is -0.0452. The molecule has 0 aliphatic carbocycles. The van der Waals surface area contributed by atoms with Gasteiger partial charge in [-0.2, -0.15) is 0 Å². The average Bonchev–Trinajstić information content (AvgIpc) is 2.03. The number of hydrogen-bond donors (Lipinski definition) is 2. The maximum absolute atomic E-state index is 10.4. The molecule has 0 fully saturated rings. The summed E-state index contributed by atoms with van der Waals surface area (Å²) in [6.45, 7) is 0. The Morgan fingerprint density at radius 1 is 1.57 bits per heavy atom. The van der Waals surface area contributed by atoms with Gasteiger partial charge in [-0.3, -0.25) is 4.79 Å². The highest BCUT2D eigenvalue weighted by Crippen LogP contribution is 2.18. The van der Waals surface area contributed by atoms with E-state index in [2.05, 4.69) is 15.9 Å². The molecule has 0 aliphatic rings. The summed E-state index contributed by atoms with van der Waals surface area (Å²) in [4.78, 5) is 10.4. The van der Waals surface area contributed by atoms with Crippen LogP contribution >= 0.6 is 28.3 Å². The minimum atomic E-state index is -0.882. The number of carboxylic acids is 1. The summed E-state index contributed by atoms with van der Waals surface area (Å²) < 4.78 is 0.908. The van der Waals surface area contributed by atoms with Crippen LogP contribution in [0.15, 0.2) is 28.7 Å². The minimum absolute atomic E-state index is 0. The number of benzene rings is 1. The second-order valence-corrected chi connectivity index (χ2v) is 3.68. The number of carboxylic acid groups (broad SMARTS) is 1. The Morgan fingerprint density at radius 2 is 2.21 bits per heavy atom. The summed E-state index contributed by atoms with van der Waals surface area (Å²) in [6, 6.07) is 6.92. The van der Waals surface area contributed by atoms with Crippen molar-refractivity contribution in [3.8, 4) is 0 Å². The topological polar surface area (TPSA) is 63.3 Å². The Morgan fingerprint density at radius 3 is 2.71 bits per heavy atom. The van der Waals surface area contributed by atoms with Gasteiger partial charge in [0, 0.05) is 10.5 Å². The fourth-order valence-corrected chi connectivity index (χ4v) is 1.46. The molecule has 1 rings (SSSR count). The molecule has 1 atom stereocenters. The van der Waals surface area contributed by atoms with E-state index in [1.54, 1.807) is 0 Å². The van der Waals surface area contributed by atoms with Gasteiger partial charge in [-0.05, 0) is 17.7 Å². The lowest BCUT2D eigenvalue weighted by Gasteiger charge is -2.08. The highest BCUT2D eigenvalue weighted by molar-refractivity contribution is 9.10. The van der Waals surface area contributed by atoms with Gasteiger partial charge in [0.1, 0.15) is 0 Å². The molecule has 1 aromatic rings. The van der Waals surface area contributed by atoms with Crippen LogP contribution in [0.25, 0.3) is 0 Å². The predicted octanol–water partition coefficient (Wildman–Crippen LogP) is 2.35. The van der Waals surface area contributed by atoms with Gasteiger partial charge in [0.05, 0.1) is 6.42 Å². The summed E-state index contributed by atoms with van der Waals surface area (Å²) in [5.74, 6) is -0.882. The number of halogens is 2. The molecule has 0 radical (unpaired) electrons. The van der Waals surface area contributed by atoms with E-state index in [1.165, 1.54) is 0 Å². The standard InChI is InChI=1S/C9H10BrNO2.ClH/c10-7-3-1-2-6(4-7)8(11)5-9(12)13;/h1-4,8H,5,11H2,(H,12,13);1H/t8-;/m1./s1. The van der Waals surface area contributed by atoms with E-state index in [0.29, 0.717) is 0 Å². The Hall–Kier alpha value is -0.580. The van der Waals surface area contributed by atoms with E-state index in [1.807, 2.05) is 24.3 Å². The molecule has 0 unspecified atom stereocenters. The van der Waals surface area contributed by atoms with Crippen LogP contribution in [-0.2, 0) is 4.79 Å². The second-order valence-electron chi connectivity index (χ2n) is 2.76. The van der Waals surface area contributed by atoms with Crippen molar-refractivity contribution < 1.29 is 9.90 Å². The molecule has 3 nitrogen and oxygen atoms in total. The quantitative estimate of drug-likeness (QED) is 0.893. The van der Waals surface area contributed by atoms with Crippen LogP contribution in [-0.4, -0.2) is 11.1 Å². The zero-order chi connectivity index (χ0) is 9.84. The van der Waals surface area contributed by atoms with Crippen molar-refractivity contribution in [1.29, 1.82) is 0 Å². The van der Waals surface area contributed by atoms with Gasteiger partial charge in [0.15, 0.2) is 0 Å². The summed E-state index contributed by atoms with van der Waals surface area (Å²) >= 11 is 3.29. The lowest BCUT2D eigenvalue weighted by atomic mass is 10.1. The average molecular weight is 281 g/mol. The van der Waals surface area contributed by atoms with E-state index in [-0.39, 0.29) is 18.8 Å². The third-order valence-electron chi connectivity index (χ3n) is 1.67. The predicted molar refractivity (Wildman–Crippen MR) is 60.6 cm³/mol. The maximum Gasteiger partial charge on any atom is 0.305 e. The van der Waals surface area contributed by atoms with Crippen LogP contribution in [0.2, 0.25) is 0 Å². The molecule has 0 spiro atoms. The summed E-state index contributed by atoms with van der Waals surface area (Å²) in [7, 11) is 0. The molecular weight excluding hydrogens is 269 g/mol. The fourth-order valence-electron chi connectivity index (χ4n) is 1.04. The summed E-state index contributed by atoms with van der Waals surface area (Å²) in [5.41, 5.74) is 6.49. The van der Waals surface area contributed by atoms with Crippen LogP contribution in [0.4, 0.5) is 0 Å². The molecule has 0 aromatic heterocycles. The Labute approximate surface area is 96.8 Å². The van der Waals surface area contributed by atoms with E-state index in [4.69, 9.17) is 10.8 Å². The van der Waals surface area contributed by atoms with E-state index in [0.717, 1.165) is 10.0 Å². The van der Waals surface area contributed by atoms with Crippen molar-refractivity contribution in [2.75, 3.05) is 0 Å². The minimum Gasteiger partial charge on any atom is -0.481 e. The summed E-state index contributed by atoms with van der Waals surface area (Å²) in [5, 5.41) is 8.52. The lowest BCUT2D eigenvalue weighted by molar-refractivity contribution is -0.137. The molecule has 0 bridgehead atoms. The van der Waals surface area contributed by atoms with Crippen molar-refractivity contribution in [2.24, 2.45) is 5.73 Å². The molecule has 78 valence electrons. The molecule has 3 N–H and O–H groups in total. The Balaban J connectivity index is 0.00000169. The third kappa shape index (κ3) is 4.09. The van der Waals surface area contributed by atoms with E-state index in [9.17, 15) is 4.79 Å². The normalized spacial score (nSPS) is 11.6. The molecule has 0 aliphatic heterocycles. The van der Waals surface area contributed by atoms with Crippen molar-refractivity contribution in [3.05, 3.63) is 34.3 Å². The Kier molecular flexibility index (Phi) is 5.76. The van der Waals surface area contributed by atoms with Crippen LogP contribution in [0.3, 0.4) is 0 Å². The van der Waals surface area contributed by atoms with Gasteiger partial charge in [-0.25, -0.2) is 0 Å². The van der Waals surface area contributed by atoms with Crippen LogP contribution in [0.5, 0.6) is 0 Å². The van der Waals surface area contributed by atoms with Gasteiger partial charge in [-0.15, -0.1) is 12.4 Å². The van der Waals surface area contributed by atoms with Gasteiger partial charge in [0.2, 0.25) is 0 Å². The zero-order valence-electron chi connectivity index (χ0n) is 7.31. The first-order chi connectivity index (χ1) is 6.09. The first-order valence-corrected chi connectivity index (χ1v) is 4.61. The first-order valence-electron chi connectivity index (χ1n) is 3.82. The number of rotatable bonds is 3. The second kappa shape index (κ2) is 6.01.